The van der Waals surface area contributed by atoms with Crippen molar-refractivity contribution in [1.29, 1.82) is 0 Å². The molecule has 2 heteroatoms. The van der Waals surface area contributed by atoms with Gasteiger partial charge in [0, 0.05) is 21.6 Å². The normalized spacial score (nSPS) is 14.2. The van der Waals surface area contributed by atoms with Crippen molar-refractivity contribution in [3.63, 3.8) is 0 Å². The predicted molar refractivity (Wildman–Crippen MR) is 131 cm³/mol. The van der Waals surface area contributed by atoms with Crippen LogP contribution in [0, 0.1) is 0 Å². The molecule has 0 bridgehead atoms. The van der Waals surface area contributed by atoms with Crippen LogP contribution in [-0.4, -0.2) is 0 Å². The quantitative estimate of drug-likeness (QED) is 0.290. The van der Waals surface area contributed by atoms with Gasteiger partial charge in [-0.1, -0.05) is 84.9 Å². The summed E-state index contributed by atoms with van der Waals surface area (Å²) in [6, 6.07) is 36.1. The van der Waals surface area contributed by atoms with Crippen molar-refractivity contribution in [2.45, 2.75) is 5.60 Å². The monoisotopic (exact) mass is 416 g/mol. The molecule has 0 N–H and O–H groups in total. The first-order valence-corrected chi connectivity index (χ1v) is 11.3. The van der Waals surface area contributed by atoms with Gasteiger partial charge in [0.15, 0.2) is 5.60 Å². The van der Waals surface area contributed by atoms with Crippen LogP contribution in [0.25, 0.3) is 27.3 Å². The van der Waals surface area contributed by atoms with E-state index < -0.39 is 5.60 Å². The van der Waals surface area contributed by atoms with E-state index in [1.165, 1.54) is 21.2 Å². The van der Waals surface area contributed by atoms with Gasteiger partial charge in [-0.2, -0.15) is 0 Å². The molecule has 0 unspecified atom stereocenters. The van der Waals surface area contributed by atoms with Gasteiger partial charge in [-0.25, -0.2) is 0 Å². The first-order valence-electron chi connectivity index (χ1n) is 10.4. The lowest BCUT2D eigenvalue weighted by atomic mass is 9.83. The van der Waals surface area contributed by atoms with Crippen molar-refractivity contribution in [3.05, 3.63) is 131 Å². The Bertz CT molecular complexity index is 1340. The Balaban J connectivity index is 1.54. The molecule has 31 heavy (non-hydrogen) atoms. The number of thiophene rings is 1. The van der Waals surface area contributed by atoms with Crippen molar-refractivity contribution >= 4 is 28.2 Å². The molecule has 0 radical (unpaired) electrons. The Hall–Kier alpha value is -3.62. The largest absolute Gasteiger partial charge is 0.473 e. The molecule has 6 rings (SSSR count). The number of hydrogen-bond acceptors (Lipinski definition) is 2. The van der Waals surface area contributed by atoms with Crippen LogP contribution in [0.2, 0.25) is 0 Å². The van der Waals surface area contributed by atoms with Crippen LogP contribution in [0.4, 0.5) is 0 Å². The molecule has 0 fully saturated rings. The van der Waals surface area contributed by atoms with E-state index in [0.29, 0.717) is 0 Å². The standard InChI is InChI=1S/C29H20OS/c1-3-8-23(9-4-1)29(24-10-5-2-6-11-24)18-17-25-26-20-22(28-12-7-19-31-28)14-13-21(26)15-16-27(25)30-29/h1-20H. The molecule has 0 saturated carbocycles. The molecule has 1 aliphatic heterocycles. The van der Waals surface area contributed by atoms with Gasteiger partial charge in [0.25, 0.3) is 0 Å². The fourth-order valence-electron chi connectivity index (χ4n) is 4.44. The summed E-state index contributed by atoms with van der Waals surface area (Å²) < 4.78 is 6.85. The smallest absolute Gasteiger partial charge is 0.178 e. The van der Waals surface area contributed by atoms with Crippen LogP contribution in [0.1, 0.15) is 16.7 Å². The van der Waals surface area contributed by atoms with Crippen LogP contribution in [0.5, 0.6) is 5.75 Å². The highest BCUT2D eigenvalue weighted by Gasteiger charge is 2.37. The van der Waals surface area contributed by atoms with E-state index in [4.69, 9.17) is 4.74 Å². The third kappa shape index (κ3) is 2.99. The van der Waals surface area contributed by atoms with Gasteiger partial charge >= 0.3 is 0 Å². The van der Waals surface area contributed by atoms with E-state index in [1.807, 2.05) is 12.1 Å². The van der Waals surface area contributed by atoms with E-state index in [2.05, 4.69) is 109 Å². The fraction of sp³-hybridized carbons (Fsp3) is 0.0345. The zero-order chi connectivity index (χ0) is 20.7. The van der Waals surface area contributed by atoms with Crippen molar-refractivity contribution in [3.8, 4) is 16.2 Å². The highest BCUT2D eigenvalue weighted by Crippen LogP contribution is 2.44. The Morgan fingerprint density at radius 1 is 0.677 bits per heavy atom. The zero-order valence-electron chi connectivity index (χ0n) is 16.9. The average Bonchev–Trinajstić information content (AvgIpc) is 3.39. The summed E-state index contributed by atoms with van der Waals surface area (Å²) in [7, 11) is 0. The summed E-state index contributed by atoms with van der Waals surface area (Å²) in [5, 5.41) is 4.56. The van der Waals surface area contributed by atoms with Gasteiger partial charge < -0.3 is 4.74 Å². The number of benzene rings is 4. The third-order valence-electron chi connectivity index (χ3n) is 5.99. The fourth-order valence-corrected chi connectivity index (χ4v) is 5.16. The Morgan fingerprint density at radius 3 is 2.06 bits per heavy atom. The minimum absolute atomic E-state index is 0.644. The summed E-state index contributed by atoms with van der Waals surface area (Å²) >= 11 is 1.77. The predicted octanol–water partition coefficient (Wildman–Crippen LogP) is 7.92. The van der Waals surface area contributed by atoms with Crippen molar-refractivity contribution in [2.24, 2.45) is 0 Å². The maximum atomic E-state index is 6.85. The van der Waals surface area contributed by atoms with E-state index in [-0.39, 0.29) is 0 Å². The lowest BCUT2D eigenvalue weighted by Gasteiger charge is -2.36. The van der Waals surface area contributed by atoms with E-state index >= 15 is 0 Å². The van der Waals surface area contributed by atoms with Crippen LogP contribution < -0.4 is 4.74 Å². The van der Waals surface area contributed by atoms with E-state index in [0.717, 1.165) is 22.4 Å². The number of hydrogen-bond donors (Lipinski definition) is 0. The van der Waals surface area contributed by atoms with Gasteiger partial charge in [-0.15, -0.1) is 11.3 Å². The van der Waals surface area contributed by atoms with Gasteiger partial charge in [-0.05, 0) is 52.1 Å². The zero-order valence-corrected chi connectivity index (χ0v) is 17.7. The number of ether oxygens (including phenoxy) is 1. The topological polar surface area (TPSA) is 9.23 Å². The lowest BCUT2D eigenvalue weighted by Crippen LogP contribution is -2.34. The number of rotatable bonds is 3. The molecular formula is C29H20OS. The Labute approximate surface area is 185 Å². The maximum absolute atomic E-state index is 6.85. The molecular weight excluding hydrogens is 396 g/mol. The third-order valence-corrected chi connectivity index (χ3v) is 6.91. The minimum Gasteiger partial charge on any atom is -0.473 e. The highest BCUT2D eigenvalue weighted by atomic mass is 32.1. The van der Waals surface area contributed by atoms with Crippen molar-refractivity contribution in [1.82, 2.24) is 0 Å². The first kappa shape index (κ1) is 18.2. The van der Waals surface area contributed by atoms with Crippen molar-refractivity contribution in [2.75, 3.05) is 0 Å². The minimum atomic E-state index is -0.644. The second-order valence-electron chi connectivity index (χ2n) is 7.79. The van der Waals surface area contributed by atoms with E-state index in [9.17, 15) is 0 Å². The van der Waals surface area contributed by atoms with Gasteiger partial charge in [0.05, 0.1) is 0 Å². The van der Waals surface area contributed by atoms with Crippen LogP contribution in [-0.2, 0) is 5.60 Å². The molecule has 1 aliphatic rings. The SMILES string of the molecule is C1=CC(c2ccccc2)(c2ccccc2)Oc2ccc3ccc(-c4cccs4)cc3c21. The molecule has 0 aliphatic carbocycles. The van der Waals surface area contributed by atoms with Crippen molar-refractivity contribution < 1.29 is 4.74 Å². The van der Waals surface area contributed by atoms with Crippen LogP contribution in [0.3, 0.4) is 0 Å². The molecule has 0 amide bonds. The summed E-state index contributed by atoms with van der Waals surface area (Å²) in [5.41, 5.74) is 3.98. The molecule has 0 saturated heterocycles. The van der Waals surface area contributed by atoms with Gasteiger partial charge in [0.2, 0.25) is 0 Å². The van der Waals surface area contributed by atoms with Gasteiger partial charge in [-0.3, -0.25) is 0 Å². The number of fused-ring (bicyclic) bond motifs is 3. The summed E-state index contributed by atoms with van der Waals surface area (Å²) in [6.07, 6.45) is 4.44. The van der Waals surface area contributed by atoms with Crippen LogP contribution >= 0.6 is 11.3 Å². The second-order valence-corrected chi connectivity index (χ2v) is 8.74. The molecule has 1 aromatic heterocycles. The average molecular weight is 417 g/mol. The highest BCUT2D eigenvalue weighted by molar-refractivity contribution is 7.13. The molecule has 4 aromatic carbocycles. The molecule has 2 heterocycles. The molecule has 148 valence electrons. The summed E-state index contributed by atoms with van der Waals surface area (Å²) in [6.45, 7) is 0. The Kier molecular flexibility index (Phi) is 4.26. The summed E-state index contributed by atoms with van der Waals surface area (Å²) in [4.78, 5) is 1.28. The molecule has 0 atom stereocenters. The second kappa shape index (κ2) is 7.26. The molecule has 1 nitrogen and oxygen atoms in total. The van der Waals surface area contributed by atoms with Gasteiger partial charge in [0.1, 0.15) is 5.75 Å². The lowest BCUT2D eigenvalue weighted by molar-refractivity contribution is 0.161. The first-order chi connectivity index (χ1) is 15.3. The van der Waals surface area contributed by atoms with E-state index in [1.54, 1.807) is 11.3 Å². The Morgan fingerprint density at radius 2 is 1.39 bits per heavy atom. The van der Waals surface area contributed by atoms with Crippen LogP contribution in [0.15, 0.2) is 115 Å². The molecule has 5 aromatic rings. The summed E-state index contributed by atoms with van der Waals surface area (Å²) in [5.74, 6) is 0.908. The molecule has 0 spiro atoms. The maximum Gasteiger partial charge on any atom is 0.178 e.